The molecule has 0 spiro atoms. The van der Waals surface area contributed by atoms with E-state index < -0.39 is 11.1 Å². The summed E-state index contributed by atoms with van der Waals surface area (Å²) in [7, 11) is 1.68. The maximum Gasteiger partial charge on any atom is 0.332 e. The van der Waals surface area contributed by atoms with Gasteiger partial charge in [0, 0.05) is 44.6 Å². The minimum atomic E-state index is -0.499. The van der Waals surface area contributed by atoms with Crippen molar-refractivity contribution in [3.63, 3.8) is 0 Å². The third-order valence-electron chi connectivity index (χ3n) is 5.51. The molecule has 0 saturated carbocycles. The van der Waals surface area contributed by atoms with Crippen molar-refractivity contribution in [2.45, 2.75) is 39.4 Å². The molecule has 0 aliphatic carbocycles. The van der Waals surface area contributed by atoms with Crippen LogP contribution in [0, 0.1) is 11.8 Å². The zero-order valence-corrected chi connectivity index (χ0v) is 16.1. The molecule has 2 aliphatic rings. The molecule has 0 radical (unpaired) electrons. The van der Waals surface area contributed by atoms with Crippen molar-refractivity contribution in [2.24, 2.45) is 11.8 Å². The lowest BCUT2D eigenvalue weighted by atomic mass is 10.00. The first-order valence-corrected chi connectivity index (χ1v) is 9.53. The van der Waals surface area contributed by atoms with Gasteiger partial charge in [0.05, 0.1) is 7.11 Å². The molecule has 7 heteroatoms. The molecule has 1 saturated heterocycles. The van der Waals surface area contributed by atoms with Gasteiger partial charge in [0.25, 0.3) is 0 Å². The third kappa shape index (κ3) is 3.32. The van der Waals surface area contributed by atoms with E-state index in [1.54, 1.807) is 11.7 Å². The topological polar surface area (TPSA) is 69.4 Å². The highest BCUT2D eigenvalue weighted by atomic mass is 16.5. The van der Waals surface area contributed by atoms with Crippen LogP contribution in [0.5, 0.6) is 5.75 Å². The van der Waals surface area contributed by atoms with E-state index in [1.165, 1.54) is 10.2 Å². The summed E-state index contributed by atoms with van der Waals surface area (Å²) in [5.41, 5.74) is 0.291. The van der Waals surface area contributed by atoms with Crippen molar-refractivity contribution in [2.75, 3.05) is 20.2 Å². The molecule has 1 aromatic carbocycles. The van der Waals surface area contributed by atoms with E-state index in [0.717, 1.165) is 31.2 Å². The van der Waals surface area contributed by atoms with Gasteiger partial charge in [-0.05, 0) is 23.6 Å². The lowest BCUT2D eigenvalue weighted by Gasteiger charge is -2.18. The summed E-state index contributed by atoms with van der Waals surface area (Å²) in [6, 6.07) is 8.12. The molecule has 1 fully saturated rings. The number of aromatic nitrogens is 3. The summed E-state index contributed by atoms with van der Waals surface area (Å²) in [5.74, 6) is 2.46. The lowest BCUT2D eigenvalue weighted by molar-refractivity contribution is 0.302. The number of hydrogen-bond acceptors (Lipinski definition) is 5. The van der Waals surface area contributed by atoms with E-state index in [9.17, 15) is 9.59 Å². The molecule has 3 heterocycles. The summed E-state index contributed by atoms with van der Waals surface area (Å²) in [4.78, 5) is 27.2. The Bertz CT molecular complexity index is 962. The third-order valence-corrected chi connectivity index (χ3v) is 5.51. The molecule has 7 nitrogen and oxygen atoms in total. The van der Waals surface area contributed by atoms with Crippen LogP contribution in [0.1, 0.15) is 31.2 Å². The Kier molecular flexibility index (Phi) is 4.63. The molecule has 0 N–H and O–H groups in total. The smallest absolute Gasteiger partial charge is 0.332 e. The van der Waals surface area contributed by atoms with E-state index >= 15 is 0 Å². The van der Waals surface area contributed by atoms with Gasteiger partial charge in [-0.25, -0.2) is 4.68 Å². The van der Waals surface area contributed by atoms with E-state index in [0.29, 0.717) is 19.0 Å². The van der Waals surface area contributed by atoms with Crippen LogP contribution in [0.4, 0.5) is 0 Å². The van der Waals surface area contributed by atoms with Gasteiger partial charge in [-0.15, -0.1) is 0 Å². The van der Waals surface area contributed by atoms with Crippen LogP contribution in [-0.4, -0.2) is 39.4 Å². The number of likely N-dealkylation sites (tertiary alicyclic amines) is 1. The molecule has 2 aromatic rings. The molecule has 2 unspecified atom stereocenters. The second-order valence-electron chi connectivity index (χ2n) is 8.07. The Hall–Kier alpha value is -2.41. The van der Waals surface area contributed by atoms with E-state index in [1.807, 2.05) is 26.0 Å². The largest absolute Gasteiger partial charge is 0.497 e. The van der Waals surface area contributed by atoms with Gasteiger partial charge in [-0.2, -0.15) is 5.10 Å². The Balaban J connectivity index is 1.56. The van der Waals surface area contributed by atoms with Crippen molar-refractivity contribution in [3.05, 3.63) is 56.4 Å². The second-order valence-corrected chi connectivity index (χ2v) is 8.07. The minimum absolute atomic E-state index is 0.210. The molecule has 2 atom stereocenters. The Morgan fingerprint density at radius 1 is 1.19 bits per heavy atom. The fraction of sp³-hybridized carbons (Fsp3) is 0.550. The zero-order valence-electron chi connectivity index (χ0n) is 16.1. The first-order valence-electron chi connectivity index (χ1n) is 9.53. The second kappa shape index (κ2) is 6.96. The maximum atomic E-state index is 12.5. The predicted octanol–water partition coefficient (Wildman–Crippen LogP) is 1.30. The number of nitrogens with zero attached hydrogens (tertiary/aromatic N) is 4. The normalized spacial score (nSPS) is 21.5. The Morgan fingerprint density at radius 2 is 2.00 bits per heavy atom. The van der Waals surface area contributed by atoms with Crippen LogP contribution in [0.15, 0.2) is 33.9 Å². The first-order chi connectivity index (χ1) is 13.0. The van der Waals surface area contributed by atoms with Crippen LogP contribution < -0.4 is 15.9 Å². The predicted molar refractivity (Wildman–Crippen MR) is 102 cm³/mol. The molecule has 1 aromatic heterocycles. The first kappa shape index (κ1) is 18.0. The van der Waals surface area contributed by atoms with Gasteiger partial charge in [0.15, 0.2) is 0 Å². The Morgan fingerprint density at radius 3 is 2.74 bits per heavy atom. The lowest BCUT2D eigenvalue weighted by Crippen LogP contribution is -2.44. The summed E-state index contributed by atoms with van der Waals surface area (Å²) in [6.07, 6.45) is 0. The van der Waals surface area contributed by atoms with Crippen molar-refractivity contribution in [3.8, 4) is 5.75 Å². The minimum Gasteiger partial charge on any atom is -0.497 e. The monoisotopic (exact) mass is 370 g/mol. The fourth-order valence-corrected chi connectivity index (χ4v) is 4.30. The number of rotatable bonds is 5. The van der Waals surface area contributed by atoms with Gasteiger partial charge in [-0.3, -0.25) is 19.1 Å². The molecule has 27 heavy (non-hydrogen) atoms. The van der Waals surface area contributed by atoms with Crippen LogP contribution >= 0.6 is 0 Å². The molecule has 0 bridgehead atoms. The molecule has 4 rings (SSSR count). The molecule has 144 valence electrons. The molecule has 2 aliphatic heterocycles. The maximum absolute atomic E-state index is 12.5. The van der Waals surface area contributed by atoms with E-state index in [4.69, 9.17) is 4.74 Å². The molecular formula is C20H26N4O3. The van der Waals surface area contributed by atoms with Gasteiger partial charge in [0.2, 0.25) is 0 Å². The van der Waals surface area contributed by atoms with Crippen molar-refractivity contribution in [1.82, 2.24) is 19.2 Å². The van der Waals surface area contributed by atoms with Gasteiger partial charge >= 0.3 is 11.1 Å². The average molecular weight is 370 g/mol. The molecular weight excluding hydrogens is 344 g/mol. The van der Waals surface area contributed by atoms with E-state index in [-0.39, 0.29) is 11.8 Å². The van der Waals surface area contributed by atoms with Gasteiger partial charge < -0.3 is 4.74 Å². The quantitative estimate of drug-likeness (QED) is 0.742. The summed E-state index contributed by atoms with van der Waals surface area (Å²) < 4.78 is 8.29. The highest BCUT2D eigenvalue weighted by molar-refractivity contribution is 5.28. The number of ether oxygens (including phenoxy) is 1. The Labute approximate surface area is 158 Å². The van der Waals surface area contributed by atoms with Crippen molar-refractivity contribution >= 4 is 0 Å². The number of hydrogen-bond donors (Lipinski definition) is 0. The van der Waals surface area contributed by atoms with Gasteiger partial charge in [-0.1, -0.05) is 26.0 Å². The van der Waals surface area contributed by atoms with Crippen LogP contribution in [0.25, 0.3) is 0 Å². The SMILES string of the molecule is COc1cccc(CN2CC3Cn4c(nn(CC(C)C)c(=O)c4=O)C3C2)c1. The van der Waals surface area contributed by atoms with Gasteiger partial charge in [0.1, 0.15) is 11.6 Å². The highest BCUT2D eigenvalue weighted by Gasteiger charge is 2.42. The summed E-state index contributed by atoms with van der Waals surface area (Å²) in [5, 5.41) is 4.59. The summed E-state index contributed by atoms with van der Waals surface area (Å²) >= 11 is 0. The van der Waals surface area contributed by atoms with Crippen LogP contribution in [-0.2, 0) is 19.6 Å². The van der Waals surface area contributed by atoms with Crippen LogP contribution in [0.2, 0.25) is 0 Å². The van der Waals surface area contributed by atoms with Crippen LogP contribution in [0.3, 0.4) is 0 Å². The summed E-state index contributed by atoms with van der Waals surface area (Å²) in [6.45, 7) is 7.72. The number of methoxy groups -OCH3 is 1. The average Bonchev–Trinajstić information content (AvgIpc) is 3.17. The highest BCUT2D eigenvalue weighted by Crippen LogP contribution is 2.37. The zero-order chi connectivity index (χ0) is 19.1. The molecule has 0 amide bonds. The van der Waals surface area contributed by atoms with Crippen molar-refractivity contribution < 1.29 is 4.74 Å². The van der Waals surface area contributed by atoms with Crippen molar-refractivity contribution in [1.29, 1.82) is 0 Å². The number of fused-ring (bicyclic) bond motifs is 3. The number of benzene rings is 1. The standard InChI is InChI=1S/C20H26N4O3/c1-13(2)8-24-20(26)19(25)23-11-15-10-22(12-17(15)18(23)21-24)9-14-5-4-6-16(7-14)27-3/h4-7,13,15,17H,8-12H2,1-3H3. The fourth-order valence-electron chi connectivity index (χ4n) is 4.30. The van der Waals surface area contributed by atoms with E-state index in [2.05, 4.69) is 22.1 Å².